The third-order valence-electron chi connectivity index (χ3n) is 2.63. The molecule has 3 rings (SSSR count). The average Bonchev–Trinajstić information content (AvgIpc) is 2.95. The minimum Gasteiger partial charge on any atom is -0.461 e. The molecule has 6 heteroatoms. The van der Waals surface area contributed by atoms with E-state index in [9.17, 15) is 8.42 Å². The van der Waals surface area contributed by atoms with E-state index >= 15 is 0 Å². The van der Waals surface area contributed by atoms with Crippen LogP contribution in [0.15, 0.2) is 45.9 Å². The highest BCUT2D eigenvalue weighted by Crippen LogP contribution is 2.25. The van der Waals surface area contributed by atoms with Crippen molar-refractivity contribution in [2.75, 3.05) is 6.26 Å². The number of aromatic nitrogens is 2. The second-order valence-electron chi connectivity index (χ2n) is 3.99. The number of fused-ring (bicyclic) bond motifs is 1. The van der Waals surface area contributed by atoms with Crippen LogP contribution < -0.4 is 0 Å². The zero-order valence-corrected chi connectivity index (χ0v) is 10.4. The smallest absolute Gasteiger partial charge is 0.177 e. The fraction of sp³-hybridized carbons (Fsp3) is 0.0833. The van der Waals surface area contributed by atoms with Gasteiger partial charge in [0.15, 0.2) is 21.4 Å². The average molecular weight is 262 g/mol. The van der Waals surface area contributed by atoms with Crippen molar-refractivity contribution >= 4 is 20.9 Å². The first-order chi connectivity index (χ1) is 8.55. The summed E-state index contributed by atoms with van der Waals surface area (Å²) in [6, 6.07) is 8.52. The van der Waals surface area contributed by atoms with E-state index in [2.05, 4.69) is 9.97 Å². The lowest BCUT2D eigenvalue weighted by Crippen LogP contribution is -1.97. The molecule has 3 aromatic rings. The van der Waals surface area contributed by atoms with Gasteiger partial charge in [0.05, 0.1) is 16.7 Å². The van der Waals surface area contributed by atoms with Crippen molar-refractivity contribution < 1.29 is 12.8 Å². The van der Waals surface area contributed by atoms with Crippen LogP contribution >= 0.6 is 0 Å². The molecule has 2 heterocycles. The van der Waals surface area contributed by atoms with Crippen molar-refractivity contribution in [3.63, 3.8) is 0 Å². The minimum absolute atomic E-state index is 0.217. The van der Waals surface area contributed by atoms with Gasteiger partial charge in [0.25, 0.3) is 0 Å². The second-order valence-corrected chi connectivity index (χ2v) is 5.97. The first kappa shape index (κ1) is 11.0. The molecular weight excluding hydrogens is 252 g/mol. The van der Waals surface area contributed by atoms with Crippen molar-refractivity contribution in [2.45, 2.75) is 4.90 Å². The zero-order chi connectivity index (χ0) is 12.8. The van der Waals surface area contributed by atoms with Gasteiger partial charge in [0.2, 0.25) is 0 Å². The number of hydrogen-bond donors (Lipinski definition) is 1. The normalized spacial score (nSPS) is 12.1. The molecule has 0 aliphatic heterocycles. The van der Waals surface area contributed by atoms with E-state index in [1.165, 1.54) is 6.26 Å². The fourth-order valence-corrected chi connectivity index (χ4v) is 2.67. The Morgan fingerprint density at radius 3 is 2.72 bits per heavy atom. The van der Waals surface area contributed by atoms with Gasteiger partial charge in [-0.15, -0.1) is 0 Å². The Balaban J connectivity index is 2.31. The van der Waals surface area contributed by atoms with Crippen LogP contribution in [0.3, 0.4) is 0 Å². The highest BCUT2D eigenvalue weighted by Gasteiger charge is 2.16. The topological polar surface area (TPSA) is 76.0 Å². The first-order valence-corrected chi connectivity index (χ1v) is 7.17. The number of hydrogen-bond acceptors (Lipinski definition) is 4. The summed E-state index contributed by atoms with van der Waals surface area (Å²) < 4.78 is 28.6. The van der Waals surface area contributed by atoms with Crippen LogP contribution in [0.25, 0.3) is 22.6 Å². The van der Waals surface area contributed by atoms with Gasteiger partial charge in [-0.1, -0.05) is 6.07 Å². The van der Waals surface area contributed by atoms with Gasteiger partial charge in [0, 0.05) is 6.26 Å². The maximum Gasteiger partial charge on any atom is 0.177 e. The zero-order valence-electron chi connectivity index (χ0n) is 9.54. The largest absolute Gasteiger partial charge is 0.461 e. The standard InChI is InChI=1S/C12H10N2O3S/c1-18(15,16)10-6-2-4-8-11(10)14-12(13-8)9-5-3-7-17-9/h2-7H,1H3,(H,13,14). The SMILES string of the molecule is CS(=O)(=O)c1cccc2[nH]c(-c3ccco3)nc12. The number of H-pyrrole nitrogens is 1. The molecule has 0 spiro atoms. The van der Waals surface area contributed by atoms with E-state index in [0.29, 0.717) is 22.6 Å². The van der Waals surface area contributed by atoms with Crippen LogP contribution in [0.1, 0.15) is 0 Å². The number of benzene rings is 1. The van der Waals surface area contributed by atoms with Crippen molar-refractivity contribution in [3.05, 3.63) is 36.6 Å². The maximum atomic E-state index is 11.7. The molecular formula is C12H10N2O3S. The molecule has 1 N–H and O–H groups in total. The molecule has 0 saturated heterocycles. The van der Waals surface area contributed by atoms with E-state index in [4.69, 9.17) is 4.42 Å². The Labute approximate surface area is 103 Å². The Morgan fingerprint density at radius 2 is 2.06 bits per heavy atom. The number of rotatable bonds is 2. The Kier molecular flexibility index (Phi) is 2.27. The molecule has 0 atom stereocenters. The Hall–Kier alpha value is -2.08. The number of para-hydroxylation sites is 1. The number of aromatic amines is 1. The summed E-state index contributed by atoms with van der Waals surface area (Å²) in [7, 11) is -3.30. The Morgan fingerprint density at radius 1 is 1.22 bits per heavy atom. The summed E-state index contributed by atoms with van der Waals surface area (Å²) in [5.41, 5.74) is 1.11. The summed E-state index contributed by atoms with van der Waals surface area (Å²) in [6.07, 6.45) is 2.71. The van der Waals surface area contributed by atoms with Crippen molar-refractivity contribution in [1.82, 2.24) is 9.97 Å². The van der Waals surface area contributed by atoms with Crippen molar-refractivity contribution in [2.24, 2.45) is 0 Å². The van der Waals surface area contributed by atoms with Gasteiger partial charge >= 0.3 is 0 Å². The van der Waals surface area contributed by atoms with Gasteiger partial charge in [-0.25, -0.2) is 13.4 Å². The van der Waals surface area contributed by atoms with Gasteiger partial charge in [-0.05, 0) is 24.3 Å². The number of imidazole rings is 1. The molecule has 0 fully saturated rings. The highest BCUT2D eigenvalue weighted by atomic mass is 32.2. The van der Waals surface area contributed by atoms with E-state index < -0.39 is 9.84 Å². The van der Waals surface area contributed by atoms with E-state index in [1.54, 1.807) is 36.6 Å². The van der Waals surface area contributed by atoms with Gasteiger partial charge in [0.1, 0.15) is 5.52 Å². The molecule has 0 aliphatic carbocycles. The summed E-state index contributed by atoms with van der Waals surface area (Å²) >= 11 is 0. The molecule has 92 valence electrons. The van der Waals surface area contributed by atoms with Gasteiger partial charge < -0.3 is 9.40 Å². The molecule has 0 bridgehead atoms. The highest BCUT2D eigenvalue weighted by molar-refractivity contribution is 7.91. The van der Waals surface area contributed by atoms with Crippen LogP contribution in [0, 0.1) is 0 Å². The lowest BCUT2D eigenvalue weighted by molar-refractivity contribution is 0.578. The monoisotopic (exact) mass is 262 g/mol. The molecule has 18 heavy (non-hydrogen) atoms. The van der Waals surface area contributed by atoms with Crippen LogP contribution in [-0.2, 0) is 9.84 Å². The lowest BCUT2D eigenvalue weighted by atomic mass is 10.3. The van der Waals surface area contributed by atoms with Gasteiger partial charge in [-0.3, -0.25) is 0 Å². The molecule has 0 saturated carbocycles. The molecule has 0 amide bonds. The quantitative estimate of drug-likeness (QED) is 0.768. The molecule has 0 unspecified atom stereocenters. The predicted octanol–water partition coefficient (Wildman–Crippen LogP) is 2.23. The van der Waals surface area contributed by atoms with Crippen molar-refractivity contribution in [1.29, 1.82) is 0 Å². The van der Waals surface area contributed by atoms with Crippen LogP contribution in [0.4, 0.5) is 0 Å². The molecule has 0 radical (unpaired) electrons. The Bertz CT molecular complexity index is 801. The third-order valence-corrected chi connectivity index (χ3v) is 3.76. The van der Waals surface area contributed by atoms with E-state index in [-0.39, 0.29) is 4.90 Å². The number of nitrogens with zero attached hydrogens (tertiary/aromatic N) is 1. The van der Waals surface area contributed by atoms with E-state index in [1.807, 2.05) is 0 Å². The van der Waals surface area contributed by atoms with Crippen LogP contribution in [0.5, 0.6) is 0 Å². The van der Waals surface area contributed by atoms with Gasteiger partial charge in [-0.2, -0.15) is 0 Å². The van der Waals surface area contributed by atoms with Crippen LogP contribution in [0.2, 0.25) is 0 Å². The number of nitrogens with one attached hydrogen (secondary N) is 1. The summed E-state index contributed by atoms with van der Waals surface area (Å²) in [5, 5.41) is 0. The maximum absolute atomic E-state index is 11.7. The number of sulfone groups is 1. The first-order valence-electron chi connectivity index (χ1n) is 5.28. The molecule has 2 aromatic heterocycles. The molecule has 5 nitrogen and oxygen atoms in total. The lowest BCUT2D eigenvalue weighted by Gasteiger charge is -1.97. The summed E-state index contributed by atoms with van der Waals surface area (Å²) in [4.78, 5) is 7.55. The second kappa shape index (κ2) is 3.71. The van der Waals surface area contributed by atoms with E-state index in [0.717, 1.165) is 0 Å². The fourth-order valence-electron chi connectivity index (χ4n) is 1.84. The van der Waals surface area contributed by atoms with Crippen molar-refractivity contribution in [3.8, 4) is 11.6 Å². The predicted molar refractivity (Wildman–Crippen MR) is 66.9 cm³/mol. The minimum atomic E-state index is -3.30. The summed E-state index contributed by atoms with van der Waals surface area (Å²) in [5.74, 6) is 1.09. The van der Waals surface area contributed by atoms with Crippen LogP contribution in [-0.4, -0.2) is 24.6 Å². The number of furan rings is 1. The summed E-state index contributed by atoms with van der Waals surface area (Å²) in [6.45, 7) is 0. The molecule has 1 aromatic carbocycles. The molecule has 0 aliphatic rings. The third kappa shape index (κ3) is 1.70.